The minimum atomic E-state index is -0.750. The standard InChI is InChI=1S/C22H17N5S2.C17H13N3S.C6H7ClN2S.2O2S/c1-14-12-24-22(28-2)26-19(14)17-13-27(15-6-4-3-5-7-15)20-16(17)8-9-18(25-20)21-23-10-11-29-21;1-12-11-20(13-5-3-2-4-6-13)16-14(12)7-8-15(19-16)17-18-9-10-21-17;1-4-3-8-6(10-2)9-5(4)7;2*1-3-2/h3-13H,1-2H3;2-11H,1H3;3H,1-2H3;;. The fourth-order valence-corrected chi connectivity index (χ4v) is 8.44. The zero-order chi connectivity index (χ0) is 47.0. The van der Waals surface area contributed by atoms with Crippen LogP contribution in [0.2, 0.25) is 5.15 Å². The predicted molar refractivity (Wildman–Crippen MR) is 268 cm³/mol. The minimum absolute atomic E-state index is 0.541. The number of fused-ring (bicyclic) bond motifs is 2. The van der Waals surface area contributed by atoms with Gasteiger partial charge in [0, 0.05) is 81.2 Å². The Morgan fingerprint density at radius 2 is 1.00 bits per heavy atom. The number of pyridine rings is 2. The number of para-hydroxylation sites is 2. The van der Waals surface area contributed by atoms with Crippen molar-refractivity contribution in [3.8, 4) is 44.0 Å². The number of thiazole rings is 2. The number of aromatic nitrogens is 10. The van der Waals surface area contributed by atoms with Gasteiger partial charge in [-0.25, -0.2) is 39.9 Å². The summed E-state index contributed by atoms with van der Waals surface area (Å²) in [6.45, 7) is 6.04. The van der Waals surface area contributed by atoms with Crippen molar-refractivity contribution >= 4 is 103 Å². The molecular weight excluding hydrogens is 972 g/mol. The molecule has 0 aliphatic carbocycles. The van der Waals surface area contributed by atoms with E-state index in [-0.39, 0.29) is 0 Å². The molecule has 0 aliphatic heterocycles. The molecule has 0 saturated carbocycles. The van der Waals surface area contributed by atoms with E-state index in [0.717, 1.165) is 82.2 Å². The molecule has 0 radical (unpaired) electrons. The smallest absolute Gasteiger partial charge is 0.301 e. The molecule has 66 heavy (non-hydrogen) atoms. The Balaban J connectivity index is 0.000000169. The van der Waals surface area contributed by atoms with Gasteiger partial charge in [-0.05, 0) is 92.9 Å². The van der Waals surface area contributed by atoms with E-state index in [1.54, 1.807) is 40.6 Å². The van der Waals surface area contributed by atoms with Gasteiger partial charge in [0.05, 0.1) is 5.69 Å². The third kappa shape index (κ3) is 12.2. The second-order valence-electron chi connectivity index (χ2n) is 13.4. The van der Waals surface area contributed by atoms with Gasteiger partial charge in [-0.3, -0.25) is 0 Å². The molecule has 334 valence electrons. The molecule has 0 spiro atoms. The highest BCUT2D eigenvalue weighted by molar-refractivity contribution is 7.98. The lowest BCUT2D eigenvalue weighted by Gasteiger charge is -2.05. The number of benzene rings is 2. The molecule has 10 aromatic rings. The summed E-state index contributed by atoms with van der Waals surface area (Å²) in [4.78, 5) is 35.8. The normalized spacial score (nSPS) is 10.3. The average Bonchev–Trinajstić information content (AvgIpc) is 4.20. The van der Waals surface area contributed by atoms with Gasteiger partial charge >= 0.3 is 23.1 Å². The van der Waals surface area contributed by atoms with Crippen LogP contribution >= 0.6 is 57.8 Å². The second kappa shape index (κ2) is 24.4. The van der Waals surface area contributed by atoms with Crippen LogP contribution in [0.25, 0.3) is 66.1 Å². The fourth-order valence-electron chi connectivity index (χ4n) is 6.37. The van der Waals surface area contributed by atoms with Crippen LogP contribution in [-0.2, 0) is 23.1 Å². The van der Waals surface area contributed by atoms with Gasteiger partial charge in [0.25, 0.3) is 0 Å². The van der Waals surface area contributed by atoms with E-state index in [0.29, 0.717) is 5.15 Å². The van der Waals surface area contributed by atoms with Crippen molar-refractivity contribution in [3.63, 3.8) is 0 Å². The molecule has 10 rings (SSSR count). The lowest BCUT2D eigenvalue weighted by atomic mass is 10.1. The van der Waals surface area contributed by atoms with Gasteiger partial charge in [-0.15, -0.1) is 22.7 Å². The summed E-state index contributed by atoms with van der Waals surface area (Å²) >= 11 is 10.5. The SMILES string of the molecule is CSc1ncc(C)c(-c2cn(-c3ccccc3)c3nc(-c4nccs4)ccc23)n1.CSc1ncc(C)c(Cl)n1.Cc1cn(-c2ccccc2)c2nc(-c3nccs3)ccc12.O=S=O.O=S=O. The molecule has 0 amide bonds. The number of hydrogen-bond donors (Lipinski definition) is 0. The first-order valence-corrected chi connectivity index (χ1v) is 25.2. The molecule has 8 heterocycles. The third-order valence-electron chi connectivity index (χ3n) is 9.33. The van der Waals surface area contributed by atoms with Crippen LogP contribution in [0.1, 0.15) is 16.7 Å². The van der Waals surface area contributed by atoms with Gasteiger partial charge in [0.1, 0.15) is 37.9 Å². The van der Waals surface area contributed by atoms with E-state index < -0.39 is 23.1 Å². The average molecular weight is 1010 g/mol. The number of hydrogen-bond acceptors (Lipinski definition) is 16. The van der Waals surface area contributed by atoms with Crippen LogP contribution in [0.15, 0.2) is 143 Å². The predicted octanol–water partition coefficient (Wildman–Crippen LogP) is 10.9. The van der Waals surface area contributed by atoms with Crippen LogP contribution in [0.3, 0.4) is 0 Å². The Morgan fingerprint density at radius 1 is 0.530 bits per heavy atom. The van der Waals surface area contributed by atoms with Crippen molar-refractivity contribution < 1.29 is 16.8 Å². The van der Waals surface area contributed by atoms with Gasteiger partial charge in [0.2, 0.25) is 0 Å². The van der Waals surface area contributed by atoms with E-state index in [1.165, 1.54) is 22.7 Å². The Labute approximate surface area is 408 Å². The molecule has 0 atom stereocenters. The summed E-state index contributed by atoms with van der Waals surface area (Å²) < 4.78 is 37.4. The van der Waals surface area contributed by atoms with Crippen molar-refractivity contribution in [1.29, 1.82) is 0 Å². The van der Waals surface area contributed by atoms with E-state index >= 15 is 0 Å². The Morgan fingerprint density at radius 3 is 1.48 bits per heavy atom. The maximum atomic E-state index is 8.29. The summed E-state index contributed by atoms with van der Waals surface area (Å²) in [7, 11) is 0. The molecule has 0 aliphatic rings. The topological polar surface area (TPSA) is 181 Å². The number of rotatable bonds is 7. The van der Waals surface area contributed by atoms with Crippen LogP contribution < -0.4 is 0 Å². The molecule has 0 bridgehead atoms. The number of halogens is 1. The molecule has 8 aromatic heterocycles. The summed E-state index contributed by atoms with van der Waals surface area (Å²) in [6.07, 6.45) is 15.4. The van der Waals surface area contributed by atoms with Gasteiger partial charge < -0.3 is 9.13 Å². The van der Waals surface area contributed by atoms with Gasteiger partial charge in [-0.1, -0.05) is 71.5 Å². The molecule has 2 aromatic carbocycles. The maximum Gasteiger partial charge on any atom is 0.335 e. The van der Waals surface area contributed by atoms with Crippen LogP contribution in [0, 0.1) is 20.8 Å². The quantitative estimate of drug-likeness (QED) is 0.0835. The molecule has 0 fully saturated rings. The lowest BCUT2D eigenvalue weighted by molar-refractivity contribution is 0.628. The van der Waals surface area contributed by atoms with Crippen molar-refractivity contribution in [2.45, 2.75) is 31.1 Å². The largest absolute Gasteiger partial charge is 0.335 e. The second-order valence-corrected chi connectivity index (χ2v) is 17.4. The molecular formula is C45H37ClN10O4S6. The summed E-state index contributed by atoms with van der Waals surface area (Å²) in [6, 6.07) is 28.9. The number of nitrogens with zero attached hydrogens (tertiary/aromatic N) is 10. The molecule has 0 N–H and O–H groups in total. The van der Waals surface area contributed by atoms with Gasteiger partial charge in [0.15, 0.2) is 10.3 Å². The van der Waals surface area contributed by atoms with E-state index in [4.69, 9.17) is 43.4 Å². The van der Waals surface area contributed by atoms with Crippen molar-refractivity contribution in [2.24, 2.45) is 0 Å². The summed E-state index contributed by atoms with van der Waals surface area (Å²) in [5.41, 5.74) is 11.0. The van der Waals surface area contributed by atoms with Crippen molar-refractivity contribution in [3.05, 3.63) is 155 Å². The van der Waals surface area contributed by atoms with Crippen molar-refractivity contribution in [2.75, 3.05) is 12.5 Å². The monoisotopic (exact) mass is 1010 g/mol. The molecule has 0 saturated heterocycles. The first-order valence-electron chi connectivity index (χ1n) is 19.3. The number of aryl methyl sites for hydroxylation is 3. The van der Waals surface area contributed by atoms with Crippen LogP contribution in [-0.4, -0.2) is 78.4 Å². The van der Waals surface area contributed by atoms with Gasteiger partial charge in [-0.2, -0.15) is 16.8 Å². The molecule has 0 unspecified atom stereocenters. The minimum Gasteiger partial charge on any atom is -0.301 e. The molecule has 21 heteroatoms. The zero-order valence-corrected chi connectivity index (χ0v) is 41.3. The first-order chi connectivity index (χ1) is 32.1. The Hall–Kier alpha value is -6.13. The first kappa shape index (κ1) is 49.3. The van der Waals surface area contributed by atoms with E-state index in [1.807, 2.05) is 104 Å². The maximum absolute atomic E-state index is 8.29. The number of thioether (sulfide) groups is 2. The lowest BCUT2D eigenvalue weighted by Crippen LogP contribution is -1.94. The molecule has 14 nitrogen and oxygen atoms in total. The van der Waals surface area contributed by atoms with Crippen molar-refractivity contribution in [1.82, 2.24) is 49.0 Å². The highest BCUT2D eigenvalue weighted by Gasteiger charge is 2.18. The summed E-state index contributed by atoms with van der Waals surface area (Å²) in [5.74, 6) is 0. The van der Waals surface area contributed by atoms with E-state index in [9.17, 15) is 0 Å². The highest BCUT2D eigenvalue weighted by Crippen LogP contribution is 2.35. The summed E-state index contributed by atoms with van der Waals surface area (Å²) in [5, 5.41) is 10.1. The van der Waals surface area contributed by atoms with E-state index in [2.05, 4.69) is 89.8 Å². The zero-order valence-electron chi connectivity index (χ0n) is 35.6. The fraction of sp³-hybridized carbons (Fsp3) is 0.111. The Kier molecular flexibility index (Phi) is 18.2. The highest BCUT2D eigenvalue weighted by atomic mass is 35.5. The third-order valence-corrected chi connectivity index (χ3v) is 12.4. The van der Waals surface area contributed by atoms with Crippen LogP contribution in [0.4, 0.5) is 0 Å². The van der Waals surface area contributed by atoms with Crippen LogP contribution in [0.5, 0.6) is 0 Å². The Bertz CT molecular complexity index is 3220.